The molecule has 0 aliphatic carbocycles. The van der Waals surface area contributed by atoms with Crippen molar-refractivity contribution in [2.24, 2.45) is 0 Å². The Balaban J connectivity index is 2.69. The quantitative estimate of drug-likeness (QED) is 0.664. The standard InChI is InChI=1S/C6H5BrN4/c7-4-5-9-6-8-2-1-3-11(6)10-5/h1-3H,4H2. The number of hydrogen-bond acceptors (Lipinski definition) is 3. The molecule has 0 aliphatic heterocycles. The Bertz CT molecular complexity index is 336. The maximum Gasteiger partial charge on any atom is 0.252 e. The minimum atomic E-state index is 0.641. The number of alkyl halides is 1. The molecular weight excluding hydrogens is 208 g/mol. The summed E-state index contributed by atoms with van der Waals surface area (Å²) in [5.41, 5.74) is 0. The van der Waals surface area contributed by atoms with Crippen LogP contribution < -0.4 is 0 Å². The van der Waals surface area contributed by atoms with Gasteiger partial charge in [-0.3, -0.25) is 0 Å². The Kier molecular flexibility index (Phi) is 1.58. The summed E-state index contributed by atoms with van der Waals surface area (Å²) >= 11 is 3.27. The maximum absolute atomic E-state index is 4.13. The van der Waals surface area contributed by atoms with Gasteiger partial charge in [0.1, 0.15) is 0 Å². The van der Waals surface area contributed by atoms with Crippen LogP contribution in [0.5, 0.6) is 0 Å². The van der Waals surface area contributed by atoms with Crippen molar-refractivity contribution >= 4 is 21.7 Å². The second-order valence-corrected chi connectivity index (χ2v) is 2.59. The van der Waals surface area contributed by atoms with E-state index >= 15 is 0 Å². The monoisotopic (exact) mass is 212 g/mol. The minimum absolute atomic E-state index is 0.641. The van der Waals surface area contributed by atoms with Gasteiger partial charge >= 0.3 is 0 Å². The van der Waals surface area contributed by atoms with E-state index in [2.05, 4.69) is 31.0 Å². The SMILES string of the molecule is BrCc1nc2ncccn2n1. The van der Waals surface area contributed by atoms with Gasteiger partial charge < -0.3 is 0 Å². The zero-order valence-corrected chi connectivity index (χ0v) is 7.19. The molecule has 5 heteroatoms. The largest absolute Gasteiger partial charge is 0.252 e. The summed E-state index contributed by atoms with van der Waals surface area (Å²) in [4.78, 5) is 8.14. The molecule has 0 N–H and O–H groups in total. The second kappa shape index (κ2) is 2.58. The van der Waals surface area contributed by atoms with E-state index in [0.29, 0.717) is 11.1 Å². The first kappa shape index (κ1) is 6.72. The van der Waals surface area contributed by atoms with Crippen LogP contribution in [0.2, 0.25) is 0 Å². The topological polar surface area (TPSA) is 43.1 Å². The van der Waals surface area contributed by atoms with Crippen LogP contribution in [-0.4, -0.2) is 19.6 Å². The maximum atomic E-state index is 4.13. The molecule has 2 heterocycles. The molecule has 56 valence electrons. The van der Waals surface area contributed by atoms with Gasteiger partial charge in [0.2, 0.25) is 0 Å². The number of nitrogens with zero attached hydrogens (tertiary/aromatic N) is 4. The van der Waals surface area contributed by atoms with E-state index in [-0.39, 0.29) is 0 Å². The molecule has 0 saturated heterocycles. The molecule has 0 saturated carbocycles. The summed E-state index contributed by atoms with van der Waals surface area (Å²) in [6.07, 6.45) is 3.52. The number of halogens is 1. The van der Waals surface area contributed by atoms with E-state index < -0.39 is 0 Å². The molecule has 11 heavy (non-hydrogen) atoms. The van der Waals surface area contributed by atoms with Crippen molar-refractivity contribution in [3.8, 4) is 0 Å². The van der Waals surface area contributed by atoms with Crippen LogP contribution in [0.15, 0.2) is 18.5 Å². The molecule has 0 aromatic carbocycles. The van der Waals surface area contributed by atoms with Crippen LogP contribution in [0.4, 0.5) is 0 Å². The van der Waals surface area contributed by atoms with Crippen molar-refractivity contribution in [1.82, 2.24) is 19.6 Å². The molecule has 0 fully saturated rings. The van der Waals surface area contributed by atoms with Crippen LogP contribution in [0.1, 0.15) is 5.82 Å². The number of hydrogen-bond donors (Lipinski definition) is 0. The highest BCUT2D eigenvalue weighted by molar-refractivity contribution is 9.08. The van der Waals surface area contributed by atoms with Crippen molar-refractivity contribution in [3.63, 3.8) is 0 Å². The summed E-state index contributed by atoms with van der Waals surface area (Å²) in [7, 11) is 0. The average Bonchev–Trinajstić information content (AvgIpc) is 2.46. The van der Waals surface area contributed by atoms with Gasteiger partial charge in [-0.15, -0.1) is 5.10 Å². The molecular formula is C6H5BrN4. The highest BCUT2D eigenvalue weighted by atomic mass is 79.9. The smallest absolute Gasteiger partial charge is 0.220 e. The van der Waals surface area contributed by atoms with E-state index in [4.69, 9.17) is 0 Å². The first-order chi connectivity index (χ1) is 5.40. The number of fused-ring (bicyclic) bond motifs is 1. The lowest BCUT2D eigenvalue weighted by molar-refractivity contribution is 0.913. The lowest BCUT2D eigenvalue weighted by atomic mass is 10.7. The van der Waals surface area contributed by atoms with Crippen molar-refractivity contribution in [2.45, 2.75) is 5.33 Å². The average molecular weight is 213 g/mol. The second-order valence-electron chi connectivity index (χ2n) is 2.03. The fourth-order valence-electron chi connectivity index (χ4n) is 0.832. The van der Waals surface area contributed by atoms with Crippen molar-refractivity contribution in [2.75, 3.05) is 0 Å². The Morgan fingerprint density at radius 2 is 2.45 bits per heavy atom. The molecule has 0 unspecified atom stereocenters. The highest BCUT2D eigenvalue weighted by Gasteiger charge is 1.99. The summed E-state index contributed by atoms with van der Waals surface area (Å²) in [6.45, 7) is 0. The molecule has 0 atom stereocenters. The fraction of sp³-hybridized carbons (Fsp3) is 0.167. The normalized spacial score (nSPS) is 10.6. The van der Waals surface area contributed by atoms with Crippen LogP contribution in [-0.2, 0) is 5.33 Å². The van der Waals surface area contributed by atoms with Crippen molar-refractivity contribution in [1.29, 1.82) is 0 Å². The van der Waals surface area contributed by atoms with Crippen LogP contribution in [0.3, 0.4) is 0 Å². The molecule has 0 aliphatic rings. The van der Waals surface area contributed by atoms with Gasteiger partial charge in [-0.1, -0.05) is 15.9 Å². The Labute approximate surface area is 71.4 Å². The predicted octanol–water partition coefficient (Wildman–Crippen LogP) is 1.02. The molecule has 0 radical (unpaired) electrons. The number of rotatable bonds is 1. The van der Waals surface area contributed by atoms with E-state index in [9.17, 15) is 0 Å². The minimum Gasteiger partial charge on any atom is -0.220 e. The lowest BCUT2D eigenvalue weighted by Crippen LogP contribution is -1.87. The lowest BCUT2D eigenvalue weighted by Gasteiger charge is -1.83. The zero-order valence-electron chi connectivity index (χ0n) is 5.61. The van der Waals surface area contributed by atoms with Gasteiger partial charge in [0.25, 0.3) is 5.78 Å². The third-order valence-electron chi connectivity index (χ3n) is 1.28. The Hall–Kier alpha value is -0.970. The van der Waals surface area contributed by atoms with E-state index in [1.54, 1.807) is 10.7 Å². The van der Waals surface area contributed by atoms with Gasteiger partial charge in [0.05, 0.1) is 5.33 Å². The van der Waals surface area contributed by atoms with Gasteiger partial charge in [0, 0.05) is 12.4 Å². The predicted molar refractivity (Wildman–Crippen MR) is 43.4 cm³/mol. The highest BCUT2D eigenvalue weighted by Crippen LogP contribution is 2.00. The number of aromatic nitrogens is 4. The molecule has 0 bridgehead atoms. The summed E-state index contributed by atoms with van der Waals surface area (Å²) < 4.78 is 1.65. The molecule has 2 aromatic heterocycles. The Morgan fingerprint density at radius 3 is 3.18 bits per heavy atom. The van der Waals surface area contributed by atoms with Crippen LogP contribution >= 0.6 is 15.9 Å². The van der Waals surface area contributed by atoms with Crippen molar-refractivity contribution in [3.05, 3.63) is 24.3 Å². The van der Waals surface area contributed by atoms with Crippen molar-refractivity contribution < 1.29 is 0 Å². The molecule has 2 aromatic rings. The molecule has 2 rings (SSSR count). The Morgan fingerprint density at radius 1 is 1.55 bits per heavy atom. The van der Waals surface area contributed by atoms with Gasteiger partial charge in [0.15, 0.2) is 5.82 Å². The zero-order chi connectivity index (χ0) is 7.68. The summed E-state index contributed by atoms with van der Waals surface area (Å²) in [6, 6.07) is 1.82. The van der Waals surface area contributed by atoms with Crippen LogP contribution in [0.25, 0.3) is 5.78 Å². The van der Waals surface area contributed by atoms with Gasteiger partial charge in [-0.25, -0.2) is 9.50 Å². The van der Waals surface area contributed by atoms with Gasteiger partial charge in [-0.2, -0.15) is 4.98 Å². The molecule has 0 spiro atoms. The first-order valence-corrected chi connectivity index (χ1v) is 4.24. The van der Waals surface area contributed by atoms with Crippen LogP contribution in [0, 0.1) is 0 Å². The molecule has 4 nitrogen and oxygen atoms in total. The van der Waals surface area contributed by atoms with Gasteiger partial charge in [-0.05, 0) is 6.07 Å². The summed E-state index contributed by atoms with van der Waals surface area (Å²) in [5, 5.41) is 4.79. The summed E-state index contributed by atoms with van der Waals surface area (Å²) in [5.74, 6) is 1.39. The van der Waals surface area contributed by atoms with E-state index in [1.165, 1.54) is 0 Å². The fourth-order valence-corrected chi connectivity index (χ4v) is 1.07. The third-order valence-corrected chi connectivity index (χ3v) is 1.78. The first-order valence-electron chi connectivity index (χ1n) is 3.12. The van der Waals surface area contributed by atoms with E-state index in [0.717, 1.165) is 5.82 Å². The third kappa shape index (κ3) is 1.11. The van der Waals surface area contributed by atoms with E-state index in [1.807, 2.05) is 12.3 Å². The molecule has 0 amide bonds.